The van der Waals surface area contributed by atoms with Crippen LogP contribution in [0.5, 0.6) is 0 Å². The zero-order chi connectivity index (χ0) is 24.9. The Hall–Kier alpha value is -1.03. The number of hydrogen-bond acceptors (Lipinski definition) is 7. The Kier molecular flexibility index (Phi) is 9.56. The highest BCUT2D eigenvalue weighted by atomic mass is 32.1. The van der Waals surface area contributed by atoms with Crippen LogP contribution in [0.4, 0.5) is 0 Å². The third-order valence-electron chi connectivity index (χ3n) is 7.61. The van der Waals surface area contributed by atoms with Gasteiger partial charge in [0.05, 0.1) is 19.3 Å². The highest BCUT2D eigenvalue weighted by Gasteiger charge is 2.46. The van der Waals surface area contributed by atoms with Crippen molar-refractivity contribution in [3.63, 3.8) is 0 Å². The molecule has 0 amide bonds. The van der Waals surface area contributed by atoms with Crippen LogP contribution in [-0.4, -0.2) is 58.2 Å². The Bertz CT molecular complexity index is 824. The highest BCUT2D eigenvalue weighted by Crippen LogP contribution is 2.42. The van der Waals surface area contributed by atoms with Gasteiger partial charge >= 0.3 is 5.97 Å². The summed E-state index contributed by atoms with van der Waals surface area (Å²) in [6, 6.07) is 3.70. The molecular formula is C26H42O6SSi. The molecule has 1 N–H and O–H groups in total. The maximum Gasteiger partial charge on any atom is 0.348 e. The average molecular weight is 511 g/mol. The maximum absolute atomic E-state index is 11.7. The summed E-state index contributed by atoms with van der Waals surface area (Å²) in [5.74, 6) is -0.161. The Morgan fingerprint density at radius 1 is 1.26 bits per heavy atom. The van der Waals surface area contributed by atoms with Gasteiger partial charge in [-0.3, -0.25) is 0 Å². The molecule has 1 aromatic rings. The van der Waals surface area contributed by atoms with E-state index in [4.69, 9.17) is 18.6 Å². The van der Waals surface area contributed by atoms with E-state index in [9.17, 15) is 9.90 Å². The van der Waals surface area contributed by atoms with Crippen LogP contribution < -0.4 is 0 Å². The molecule has 0 radical (unpaired) electrons. The van der Waals surface area contributed by atoms with Crippen LogP contribution in [0.15, 0.2) is 18.2 Å². The first-order valence-electron chi connectivity index (χ1n) is 12.5. The molecule has 8 heteroatoms. The lowest BCUT2D eigenvalue weighted by atomic mass is 9.91. The summed E-state index contributed by atoms with van der Waals surface area (Å²) in [6.07, 6.45) is 7.86. The number of methoxy groups -OCH3 is 1. The van der Waals surface area contributed by atoms with Gasteiger partial charge in [0.1, 0.15) is 4.88 Å². The van der Waals surface area contributed by atoms with Gasteiger partial charge in [-0.05, 0) is 67.9 Å². The second kappa shape index (κ2) is 11.8. The molecule has 2 fully saturated rings. The minimum absolute atomic E-state index is 0.0506. The van der Waals surface area contributed by atoms with Gasteiger partial charge in [-0.15, -0.1) is 11.3 Å². The SMILES string of the molecule is COC(=O)c1ccc(C=CCC2[C@@H](CO[Si](C)(C)C(C)(C)C)[C@H](OC3CCCCO3)C[C@@H]2O)s1. The van der Waals surface area contributed by atoms with Gasteiger partial charge < -0.3 is 23.7 Å². The van der Waals surface area contributed by atoms with Crippen molar-refractivity contribution in [2.45, 2.75) is 89.5 Å². The van der Waals surface area contributed by atoms with E-state index in [1.54, 1.807) is 6.07 Å². The van der Waals surface area contributed by atoms with E-state index >= 15 is 0 Å². The molecule has 2 unspecified atom stereocenters. The van der Waals surface area contributed by atoms with Gasteiger partial charge in [0.25, 0.3) is 0 Å². The first kappa shape index (κ1) is 27.6. The van der Waals surface area contributed by atoms with Crippen LogP contribution >= 0.6 is 11.3 Å². The van der Waals surface area contributed by atoms with Crippen molar-refractivity contribution in [2.75, 3.05) is 20.3 Å². The number of allylic oxidation sites excluding steroid dienone is 1. The van der Waals surface area contributed by atoms with Gasteiger partial charge in [0.15, 0.2) is 14.6 Å². The van der Waals surface area contributed by atoms with Crippen molar-refractivity contribution >= 4 is 31.7 Å². The number of carbonyl (C=O) groups is 1. The third kappa shape index (κ3) is 7.01. The number of rotatable bonds is 9. The summed E-state index contributed by atoms with van der Waals surface area (Å²) in [7, 11) is -0.539. The van der Waals surface area contributed by atoms with Crippen molar-refractivity contribution in [3.05, 3.63) is 28.0 Å². The van der Waals surface area contributed by atoms with Crippen LogP contribution in [-0.2, 0) is 18.6 Å². The Labute approximate surface area is 209 Å². The fourth-order valence-corrected chi connectivity index (χ4v) is 6.30. The van der Waals surface area contributed by atoms with Crippen LogP contribution in [0.3, 0.4) is 0 Å². The Morgan fingerprint density at radius 3 is 2.68 bits per heavy atom. The number of esters is 1. The van der Waals surface area contributed by atoms with Crippen LogP contribution in [0.1, 0.15) is 67.4 Å². The van der Waals surface area contributed by atoms with Crippen molar-refractivity contribution in [3.8, 4) is 0 Å². The monoisotopic (exact) mass is 510 g/mol. The van der Waals surface area contributed by atoms with Gasteiger partial charge in [-0.2, -0.15) is 0 Å². The molecule has 0 aromatic carbocycles. The summed E-state index contributed by atoms with van der Waals surface area (Å²) in [6.45, 7) is 12.6. The molecule has 1 aliphatic carbocycles. The minimum atomic E-state index is -1.93. The molecule has 34 heavy (non-hydrogen) atoms. The number of hydrogen-bond donors (Lipinski definition) is 1. The second-order valence-electron chi connectivity index (χ2n) is 11.0. The van der Waals surface area contributed by atoms with E-state index in [0.717, 1.165) is 37.2 Å². The van der Waals surface area contributed by atoms with E-state index in [1.807, 2.05) is 12.1 Å². The molecule has 1 saturated carbocycles. The summed E-state index contributed by atoms with van der Waals surface area (Å²) in [4.78, 5) is 13.3. The molecular weight excluding hydrogens is 468 g/mol. The molecule has 1 saturated heterocycles. The smallest absolute Gasteiger partial charge is 0.348 e. The van der Waals surface area contributed by atoms with E-state index in [2.05, 4.69) is 39.9 Å². The van der Waals surface area contributed by atoms with E-state index < -0.39 is 14.4 Å². The number of thiophene rings is 1. The zero-order valence-electron chi connectivity index (χ0n) is 21.5. The lowest BCUT2D eigenvalue weighted by Gasteiger charge is -2.38. The third-order valence-corrected chi connectivity index (χ3v) is 13.1. The number of carbonyl (C=O) groups excluding carboxylic acids is 1. The molecule has 1 aromatic heterocycles. The highest BCUT2D eigenvalue weighted by molar-refractivity contribution is 7.14. The maximum atomic E-state index is 11.7. The van der Waals surface area contributed by atoms with Crippen LogP contribution in [0, 0.1) is 11.8 Å². The first-order chi connectivity index (χ1) is 16.0. The summed E-state index contributed by atoms with van der Waals surface area (Å²) in [5, 5.41) is 11.1. The van der Waals surface area contributed by atoms with Crippen LogP contribution in [0.2, 0.25) is 18.1 Å². The van der Waals surface area contributed by atoms with Crippen molar-refractivity contribution in [1.82, 2.24) is 0 Å². The quantitative estimate of drug-likeness (QED) is 0.331. The molecule has 3 rings (SSSR count). The first-order valence-corrected chi connectivity index (χ1v) is 16.2. The van der Waals surface area contributed by atoms with E-state index in [0.29, 0.717) is 17.9 Å². The van der Waals surface area contributed by atoms with Crippen molar-refractivity contribution in [1.29, 1.82) is 0 Å². The van der Waals surface area contributed by atoms with E-state index in [-0.39, 0.29) is 35.2 Å². The number of aliphatic hydroxyl groups is 1. The van der Waals surface area contributed by atoms with Crippen LogP contribution in [0.25, 0.3) is 6.08 Å². The largest absolute Gasteiger partial charge is 0.465 e. The summed E-state index contributed by atoms with van der Waals surface area (Å²) >= 11 is 1.41. The Balaban J connectivity index is 1.70. The lowest BCUT2D eigenvalue weighted by molar-refractivity contribution is -0.197. The standard InChI is InChI=1S/C26H42O6SSi/c1-26(2,3)34(5,6)31-17-20-19(11-9-10-18-13-14-23(33-18)25(28)29-4)21(27)16-22(20)32-24-12-7-8-15-30-24/h9-10,13-14,19-22,24,27H,7-8,11-12,15-17H2,1-6H3/t19?,20-,21+,22-,24?/m1/s1. The fraction of sp³-hybridized carbons (Fsp3) is 0.731. The fourth-order valence-electron chi connectivity index (χ4n) is 4.40. The van der Waals surface area contributed by atoms with Gasteiger partial charge in [-0.25, -0.2) is 4.79 Å². The molecule has 5 atom stereocenters. The zero-order valence-corrected chi connectivity index (χ0v) is 23.4. The second-order valence-corrected chi connectivity index (χ2v) is 16.9. The van der Waals surface area contributed by atoms with E-state index in [1.165, 1.54) is 18.4 Å². The topological polar surface area (TPSA) is 74.2 Å². The average Bonchev–Trinajstić information content (AvgIpc) is 3.36. The van der Waals surface area contributed by atoms with Gasteiger partial charge in [-0.1, -0.05) is 26.8 Å². The molecule has 6 nitrogen and oxygen atoms in total. The molecule has 2 aliphatic rings. The lowest BCUT2D eigenvalue weighted by Crippen LogP contribution is -2.44. The number of aliphatic hydroxyl groups excluding tert-OH is 1. The molecule has 2 heterocycles. The predicted molar refractivity (Wildman–Crippen MR) is 139 cm³/mol. The van der Waals surface area contributed by atoms with Crippen molar-refractivity contribution < 1.29 is 28.5 Å². The summed E-state index contributed by atoms with van der Waals surface area (Å²) < 4.78 is 23.7. The molecule has 0 bridgehead atoms. The predicted octanol–water partition coefficient (Wildman–Crippen LogP) is 5.87. The number of ether oxygens (including phenoxy) is 3. The normalized spacial score (nSPS) is 28.5. The minimum Gasteiger partial charge on any atom is -0.465 e. The molecule has 192 valence electrons. The van der Waals surface area contributed by atoms with Gasteiger partial charge in [0, 0.05) is 30.4 Å². The Morgan fingerprint density at radius 2 is 2.03 bits per heavy atom. The molecule has 1 aliphatic heterocycles. The van der Waals surface area contributed by atoms with Gasteiger partial charge in [0.2, 0.25) is 0 Å². The van der Waals surface area contributed by atoms with Crippen molar-refractivity contribution in [2.24, 2.45) is 11.8 Å². The summed E-state index contributed by atoms with van der Waals surface area (Å²) in [5.41, 5.74) is 0. The molecule has 0 spiro atoms.